The van der Waals surface area contributed by atoms with E-state index in [1.807, 2.05) is 0 Å². The number of fused-ring (bicyclic) bond motifs is 15. The fourth-order valence-electron chi connectivity index (χ4n) is 9.80. The lowest BCUT2D eigenvalue weighted by atomic mass is 9.70. The highest BCUT2D eigenvalue weighted by Gasteiger charge is 2.52. The number of hydrogen-bond donors (Lipinski definition) is 0. The molecule has 0 radical (unpaired) electrons. The third kappa shape index (κ3) is 3.52. The van der Waals surface area contributed by atoms with Crippen LogP contribution in [0.2, 0.25) is 0 Å². The molecule has 52 heavy (non-hydrogen) atoms. The molecule has 1 heteroatoms. The van der Waals surface area contributed by atoms with Crippen LogP contribution in [0.4, 0.5) is 0 Å². The zero-order valence-corrected chi connectivity index (χ0v) is 28.2. The fourth-order valence-corrected chi connectivity index (χ4v) is 9.80. The Hall–Kier alpha value is -6.70. The van der Waals surface area contributed by atoms with Crippen molar-refractivity contribution in [2.75, 3.05) is 0 Å². The second-order valence-electron chi connectivity index (χ2n) is 14.3. The van der Waals surface area contributed by atoms with Crippen LogP contribution in [-0.4, -0.2) is 0 Å². The Labute approximate surface area is 301 Å². The van der Waals surface area contributed by atoms with Crippen LogP contribution in [-0.2, 0) is 5.41 Å². The first-order valence-electron chi connectivity index (χ1n) is 18.1. The van der Waals surface area contributed by atoms with Crippen LogP contribution in [0.15, 0.2) is 186 Å². The quantitative estimate of drug-likeness (QED) is 0.180. The van der Waals surface area contributed by atoms with Gasteiger partial charge in [0.1, 0.15) is 11.2 Å². The van der Waals surface area contributed by atoms with Gasteiger partial charge in [-0.3, -0.25) is 0 Å². The molecular formula is C51H30O. The Bertz CT molecular complexity index is 3080. The number of rotatable bonds is 2. The third-order valence-corrected chi connectivity index (χ3v) is 11.8. The van der Waals surface area contributed by atoms with Gasteiger partial charge >= 0.3 is 0 Å². The lowest BCUT2D eigenvalue weighted by Crippen LogP contribution is -2.25. The predicted octanol–water partition coefficient (Wildman–Crippen LogP) is 13.6. The van der Waals surface area contributed by atoms with Gasteiger partial charge in [0.25, 0.3) is 0 Å². The van der Waals surface area contributed by atoms with E-state index in [2.05, 4.69) is 182 Å². The van der Waals surface area contributed by atoms with Gasteiger partial charge in [0.2, 0.25) is 0 Å². The summed E-state index contributed by atoms with van der Waals surface area (Å²) in [6.07, 6.45) is 0. The Morgan fingerprint density at radius 3 is 1.69 bits per heavy atom. The summed E-state index contributed by atoms with van der Waals surface area (Å²) in [6, 6.07) is 67.3. The molecule has 12 rings (SSSR count). The van der Waals surface area contributed by atoms with E-state index in [1.165, 1.54) is 88.3 Å². The fraction of sp³-hybridized carbons (Fsp3) is 0.0196. The molecule has 0 saturated heterocycles. The average Bonchev–Trinajstić information content (AvgIpc) is 3.83. The van der Waals surface area contributed by atoms with E-state index in [0.29, 0.717) is 0 Å². The van der Waals surface area contributed by atoms with Crippen LogP contribution >= 0.6 is 0 Å². The topological polar surface area (TPSA) is 13.1 Å². The van der Waals surface area contributed by atoms with Gasteiger partial charge in [-0.1, -0.05) is 152 Å². The van der Waals surface area contributed by atoms with Gasteiger partial charge in [0.15, 0.2) is 0 Å². The van der Waals surface area contributed by atoms with E-state index in [0.717, 1.165) is 21.9 Å². The molecular weight excluding hydrogens is 629 g/mol. The number of hydrogen-bond acceptors (Lipinski definition) is 1. The minimum Gasteiger partial charge on any atom is -0.456 e. The molecule has 0 aliphatic heterocycles. The molecule has 2 aliphatic rings. The van der Waals surface area contributed by atoms with Crippen molar-refractivity contribution in [3.8, 4) is 44.5 Å². The van der Waals surface area contributed by atoms with Gasteiger partial charge in [-0.15, -0.1) is 0 Å². The summed E-state index contributed by atoms with van der Waals surface area (Å²) in [5.74, 6) is 0. The first-order valence-corrected chi connectivity index (χ1v) is 18.1. The summed E-state index contributed by atoms with van der Waals surface area (Å²) < 4.78 is 6.51. The molecule has 240 valence electrons. The van der Waals surface area contributed by atoms with E-state index in [4.69, 9.17) is 4.42 Å². The van der Waals surface area contributed by atoms with Crippen LogP contribution in [0.1, 0.15) is 22.3 Å². The predicted molar refractivity (Wildman–Crippen MR) is 216 cm³/mol. The van der Waals surface area contributed by atoms with Gasteiger partial charge in [-0.05, 0) is 119 Å². The lowest BCUT2D eigenvalue weighted by molar-refractivity contribution is 0.669. The second kappa shape index (κ2) is 10.2. The Morgan fingerprint density at radius 1 is 0.327 bits per heavy atom. The summed E-state index contributed by atoms with van der Waals surface area (Å²) in [6.45, 7) is 0. The van der Waals surface area contributed by atoms with Crippen molar-refractivity contribution in [1.82, 2.24) is 0 Å². The summed E-state index contributed by atoms with van der Waals surface area (Å²) in [5.41, 5.74) is 17.0. The van der Waals surface area contributed by atoms with Crippen LogP contribution < -0.4 is 0 Å². The Morgan fingerprint density at radius 2 is 0.942 bits per heavy atom. The van der Waals surface area contributed by atoms with Crippen LogP contribution in [0.25, 0.3) is 88.0 Å². The van der Waals surface area contributed by atoms with Crippen molar-refractivity contribution < 1.29 is 4.42 Å². The summed E-state index contributed by atoms with van der Waals surface area (Å²) in [4.78, 5) is 0. The van der Waals surface area contributed by atoms with Crippen molar-refractivity contribution in [3.05, 3.63) is 204 Å². The maximum absolute atomic E-state index is 6.51. The first-order chi connectivity index (χ1) is 25.8. The van der Waals surface area contributed by atoms with Crippen LogP contribution in [0, 0.1) is 0 Å². The zero-order chi connectivity index (χ0) is 34.0. The molecule has 1 aromatic heterocycles. The minimum absolute atomic E-state index is 0.422. The molecule has 0 N–H and O–H groups in total. The van der Waals surface area contributed by atoms with Crippen LogP contribution in [0.3, 0.4) is 0 Å². The van der Waals surface area contributed by atoms with Crippen molar-refractivity contribution in [2.24, 2.45) is 0 Å². The van der Waals surface area contributed by atoms with Gasteiger partial charge < -0.3 is 4.42 Å². The maximum Gasteiger partial charge on any atom is 0.136 e. The van der Waals surface area contributed by atoms with Crippen molar-refractivity contribution in [2.45, 2.75) is 5.41 Å². The van der Waals surface area contributed by atoms with E-state index >= 15 is 0 Å². The molecule has 9 aromatic carbocycles. The zero-order valence-electron chi connectivity index (χ0n) is 28.2. The summed E-state index contributed by atoms with van der Waals surface area (Å²) >= 11 is 0. The summed E-state index contributed by atoms with van der Waals surface area (Å²) in [7, 11) is 0. The molecule has 0 amide bonds. The SMILES string of the molecule is c1ccc(-c2c3c(cc4cc(-c5cccc6oc7cc8ccccc8cc7c56)ccc24)C2(c4ccccc4-c4ccccc42)c2ccccc2-3)cc1. The molecule has 0 fully saturated rings. The molecule has 1 heterocycles. The molecule has 1 nitrogen and oxygen atoms in total. The highest BCUT2D eigenvalue weighted by molar-refractivity contribution is 6.17. The summed E-state index contributed by atoms with van der Waals surface area (Å²) in [5, 5.41) is 7.21. The number of furan rings is 1. The van der Waals surface area contributed by atoms with Crippen molar-refractivity contribution >= 4 is 43.5 Å². The number of benzene rings is 9. The molecule has 0 atom stereocenters. The Kier molecular flexibility index (Phi) is 5.49. The van der Waals surface area contributed by atoms with E-state index in [1.54, 1.807) is 0 Å². The molecule has 2 aliphatic carbocycles. The van der Waals surface area contributed by atoms with Crippen molar-refractivity contribution in [3.63, 3.8) is 0 Å². The minimum atomic E-state index is -0.422. The molecule has 0 bridgehead atoms. The van der Waals surface area contributed by atoms with E-state index < -0.39 is 5.41 Å². The standard InChI is InChI=1S/C51H30O/c1-2-13-31(14-3-1)48-37-26-25-34(36-20-12-24-46-49(36)41-28-32-15-4-5-16-33(32)30-47(41)52-46)27-35(37)29-45-50(48)40-19-8-11-23-44(40)51(45)42-21-9-6-17-38(42)39-18-7-10-22-43(39)51/h1-30H. The monoisotopic (exact) mass is 658 g/mol. The lowest BCUT2D eigenvalue weighted by Gasteiger charge is -2.31. The van der Waals surface area contributed by atoms with Crippen LogP contribution in [0.5, 0.6) is 0 Å². The van der Waals surface area contributed by atoms with Gasteiger partial charge in [0, 0.05) is 10.8 Å². The first kappa shape index (κ1) is 28.0. The Balaban J connectivity index is 1.20. The highest BCUT2D eigenvalue weighted by Crippen LogP contribution is 2.64. The van der Waals surface area contributed by atoms with E-state index in [-0.39, 0.29) is 0 Å². The van der Waals surface area contributed by atoms with E-state index in [9.17, 15) is 0 Å². The molecule has 10 aromatic rings. The second-order valence-corrected chi connectivity index (χ2v) is 14.3. The molecule has 1 spiro atoms. The largest absolute Gasteiger partial charge is 0.456 e. The highest BCUT2D eigenvalue weighted by atomic mass is 16.3. The molecule has 0 unspecified atom stereocenters. The smallest absolute Gasteiger partial charge is 0.136 e. The van der Waals surface area contributed by atoms with Gasteiger partial charge in [0.05, 0.1) is 5.41 Å². The maximum atomic E-state index is 6.51. The normalized spacial score (nSPS) is 13.5. The average molecular weight is 659 g/mol. The molecule has 0 saturated carbocycles. The van der Waals surface area contributed by atoms with Crippen molar-refractivity contribution in [1.29, 1.82) is 0 Å². The van der Waals surface area contributed by atoms with Gasteiger partial charge in [-0.2, -0.15) is 0 Å². The van der Waals surface area contributed by atoms with Gasteiger partial charge in [-0.25, -0.2) is 0 Å². The third-order valence-electron chi connectivity index (χ3n) is 11.8.